The summed E-state index contributed by atoms with van der Waals surface area (Å²) in [6.45, 7) is 1.48. The molecule has 1 aromatic heterocycles. The fourth-order valence-electron chi connectivity index (χ4n) is 1.96. The Morgan fingerprint density at radius 2 is 2.16 bits per heavy atom. The second-order valence-corrected chi connectivity index (χ2v) is 5.33. The molecule has 0 atom stereocenters. The van der Waals surface area contributed by atoms with Crippen LogP contribution in [0.25, 0.3) is 10.9 Å². The van der Waals surface area contributed by atoms with E-state index < -0.39 is 0 Å². The number of ketones is 1. The van der Waals surface area contributed by atoms with Crippen molar-refractivity contribution < 1.29 is 9.90 Å². The minimum Gasteiger partial charge on any atom is -0.395 e. The molecule has 0 saturated carbocycles. The first kappa shape index (κ1) is 14.2. The minimum atomic E-state index is -0.342. The third kappa shape index (κ3) is 2.45. The molecule has 0 aliphatic carbocycles. The van der Waals surface area contributed by atoms with Crippen molar-refractivity contribution in [2.24, 2.45) is 0 Å². The van der Waals surface area contributed by atoms with Gasteiger partial charge in [0.1, 0.15) is 0 Å². The first-order chi connectivity index (χ1) is 8.97. The highest BCUT2D eigenvalue weighted by Gasteiger charge is 2.15. The van der Waals surface area contributed by atoms with E-state index in [0.29, 0.717) is 20.4 Å². The third-order valence-corrected chi connectivity index (χ3v) is 4.12. The summed E-state index contributed by atoms with van der Waals surface area (Å²) in [5.74, 6) is -0.308. The lowest BCUT2D eigenvalue weighted by molar-refractivity contribution is 0.101. The fraction of sp³-hybridized carbons (Fsp3) is 0.231. The average molecular weight is 345 g/mol. The van der Waals surface area contributed by atoms with Gasteiger partial charge in [0.15, 0.2) is 11.2 Å². The van der Waals surface area contributed by atoms with Crippen LogP contribution < -0.4 is 5.43 Å². The van der Waals surface area contributed by atoms with E-state index in [2.05, 4.69) is 15.9 Å². The normalized spacial score (nSPS) is 10.9. The molecule has 1 heterocycles. The van der Waals surface area contributed by atoms with Crippen LogP contribution in [-0.2, 0) is 6.54 Å². The number of carbonyl (C=O) groups excluding carboxylic acids is 1. The van der Waals surface area contributed by atoms with Gasteiger partial charge in [0.05, 0.1) is 22.7 Å². The molecule has 19 heavy (non-hydrogen) atoms. The van der Waals surface area contributed by atoms with Crippen LogP contribution >= 0.6 is 27.5 Å². The molecular formula is C13H11BrClNO3. The van der Waals surface area contributed by atoms with Gasteiger partial charge in [-0.05, 0) is 35.0 Å². The Labute approximate surface area is 122 Å². The molecule has 0 amide bonds. The van der Waals surface area contributed by atoms with Crippen LogP contribution in [0, 0.1) is 0 Å². The third-order valence-electron chi connectivity index (χ3n) is 2.85. The van der Waals surface area contributed by atoms with E-state index >= 15 is 0 Å². The molecule has 0 unspecified atom stereocenters. The molecule has 2 aromatic rings. The van der Waals surface area contributed by atoms with Crippen LogP contribution in [0.15, 0.2) is 27.6 Å². The van der Waals surface area contributed by atoms with Crippen molar-refractivity contribution in [2.75, 3.05) is 6.61 Å². The lowest BCUT2D eigenvalue weighted by Crippen LogP contribution is -2.19. The van der Waals surface area contributed by atoms with Crippen LogP contribution in [0.1, 0.15) is 17.3 Å². The van der Waals surface area contributed by atoms with Gasteiger partial charge in [0.25, 0.3) is 0 Å². The van der Waals surface area contributed by atoms with Crippen LogP contribution in [0.4, 0.5) is 0 Å². The number of nitrogens with zero attached hydrogens (tertiary/aromatic N) is 1. The maximum atomic E-state index is 12.2. The Balaban J connectivity index is 2.96. The van der Waals surface area contributed by atoms with E-state index in [9.17, 15) is 9.59 Å². The molecule has 100 valence electrons. The molecule has 1 aromatic carbocycles. The van der Waals surface area contributed by atoms with E-state index in [4.69, 9.17) is 16.7 Å². The standard InChI is InChI=1S/C13H11BrClNO3/c1-7(18)9-6-16(4-5-17)12-8(13(9)19)2-3-10(14)11(12)15/h2-3,6,17H,4-5H2,1H3. The van der Waals surface area contributed by atoms with Gasteiger partial charge in [0, 0.05) is 22.6 Å². The van der Waals surface area contributed by atoms with E-state index in [1.807, 2.05) is 0 Å². The predicted octanol–water partition coefficient (Wildman–Crippen LogP) is 2.61. The largest absolute Gasteiger partial charge is 0.395 e. The lowest BCUT2D eigenvalue weighted by Gasteiger charge is -2.13. The van der Waals surface area contributed by atoms with Gasteiger partial charge < -0.3 is 9.67 Å². The van der Waals surface area contributed by atoms with Gasteiger partial charge in [-0.2, -0.15) is 0 Å². The zero-order chi connectivity index (χ0) is 14.2. The number of rotatable bonds is 3. The van der Waals surface area contributed by atoms with Crippen molar-refractivity contribution >= 4 is 44.2 Å². The number of aliphatic hydroxyl groups excluding tert-OH is 1. The lowest BCUT2D eigenvalue weighted by atomic mass is 10.1. The van der Waals surface area contributed by atoms with E-state index in [-0.39, 0.29) is 29.9 Å². The number of Topliss-reactive ketones (excluding diaryl/α,β-unsaturated/α-hetero) is 1. The summed E-state index contributed by atoms with van der Waals surface area (Å²) in [6.07, 6.45) is 1.45. The topological polar surface area (TPSA) is 59.3 Å². The van der Waals surface area contributed by atoms with E-state index in [1.54, 1.807) is 16.7 Å². The van der Waals surface area contributed by atoms with Crippen LogP contribution in [-0.4, -0.2) is 22.1 Å². The monoisotopic (exact) mass is 343 g/mol. The summed E-state index contributed by atoms with van der Waals surface area (Å²) >= 11 is 9.49. The number of benzene rings is 1. The molecule has 0 fully saturated rings. The highest BCUT2D eigenvalue weighted by atomic mass is 79.9. The summed E-state index contributed by atoms with van der Waals surface area (Å²) in [5, 5.41) is 9.86. The maximum absolute atomic E-state index is 12.2. The second-order valence-electron chi connectivity index (χ2n) is 4.10. The summed E-state index contributed by atoms with van der Waals surface area (Å²) < 4.78 is 2.28. The molecule has 6 heteroatoms. The molecule has 2 rings (SSSR count). The zero-order valence-electron chi connectivity index (χ0n) is 10.1. The van der Waals surface area contributed by atoms with Gasteiger partial charge in [-0.1, -0.05) is 11.6 Å². The summed E-state index contributed by atoms with van der Waals surface area (Å²) in [6, 6.07) is 3.28. The van der Waals surface area contributed by atoms with Crippen LogP contribution in [0.2, 0.25) is 5.02 Å². The quantitative estimate of drug-likeness (QED) is 0.871. The summed E-state index contributed by atoms with van der Waals surface area (Å²) in [7, 11) is 0. The van der Waals surface area contributed by atoms with Crippen molar-refractivity contribution in [3.8, 4) is 0 Å². The Morgan fingerprint density at radius 1 is 1.47 bits per heavy atom. The van der Waals surface area contributed by atoms with E-state index in [0.717, 1.165) is 0 Å². The number of pyridine rings is 1. The number of hydrogen-bond acceptors (Lipinski definition) is 3. The first-order valence-electron chi connectivity index (χ1n) is 5.60. The number of fused-ring (bicyclic) bond motifs is 1. The fourth-order valence-corrected chi connectivity index (χ4v) is 2.56. The Kier molecular flexibility index (Phi) is 4.08. The van der Waals surface area contributed by atoms with Crippen molar-refractivity contribution in [2.45, 2.75) is 13.5 Å². The Bertz CT molecular complexity index is 724. The Morgan fingerprint density at radius 3 is 2.74 bits per heavy atom. The number of aromatic nitrogens is 1. The summed E-state index contributed by atoms with van der Waals surface area (Å²) in [4.78, 5) is 23.7. The maximum Gasteiger partial charge on any atom is 0.200 e. The van der Waals surface area contributed by atoms with E-state index in [1.165, 1.54) is 13.1 Å². The number of aliphatic hydroxyl groups is 1. The number of hydrogen-bond donors (Lipinski definition) is 1. The molecule has 4 nitrogen and oxygen atoms in total. The van der Waals surface area contributed by atoms with Crippen molar-refractivity contribution in [1.29, 1.82) is 0 Å². The van der Waals surface area contributed by atoms with Gasteiger partial charge in [-0.25, -0.2) is 0 Å². The highest BCUT2D eigenvalue weighted by Crippen LogP contribution is 2.30. The molecule has 0 aliphatic rings. The molecule has 0 bridgehead atoms. The second kappa shape index (κ2) is 5.45. The smallest absolute Gasteiger partial charge is 0.200 e. The Hall–Kier alpha value is -1.17. The predicted molar refractivity (Wildman–Crippen MR) is 78.0 cm³/mol. The molecule has 0 aliphatic heterocycles. The SMILES string of the molecule is CC(=O)c1cn(CCO)c2c(Cl)c(Br)ccc2c1=O. The van der Waals surface area contributed by atoms with Gasteiger partial charge in [-0.15, -0.1) is 0 Å². The van der Waals surface area contributed by atoms with Crippen molar-refractivity contribution in [1.82, 2.24) is 4.57 Å². The van der Waals surface area contributed by atoms with Crippen molar-refractivity contribution in [3.05, 3.63) is 43.6 Å². The van der Waals surface area contributed by atoms with Gasteiger partial charge >= 0.3 is 0 Å². The van der Waals surface area contributed by atoms with Gasteiger partial charge in [0.2, 0.25) is 0 Å². The highest BCUT2D eigenvalue weighted by molar-refractivity contribution is 9.10. The zero-order valence-corrected chi connectivity index (χ0v) is 12.5. The average Bonchev–Trinajstić information content (AvgIpc) is 2.36. The van der Waals surface area contributed by atoms with Gasteiger partial charge in [-0.3, -0.25) is 9.59 Å². The van der Waals surface area contributed by atoms with Crippen molar-refractivity contribution in [3.63, 3.8) is 0 Å². The molecule has 0 saturated heterocycles. The molecule has 0 radical (unpaired) electrons. The first-order valence-corrected chi connectivity index (χ1v) is 6.77. The summed E-state index contributed by atoms with van der Waals surface area (Å²) in [5.41, 5.74) is 0.269. The van der Waals surface area contributed by atoms with Crippen LogP contribution in [0.3, 0.4) is 0 Å². The number of carbonyl (C=O) groups is 1. The van der Waals surface area contributed by atoms with Crippen LogP contribution in [0.5, 0.6) is 0 Å². The molecule has 1 N–H and O–H groups in total. The molecule has 0 spiro atoms. The molecular weight excluding hydrogens is 334 g/mol. The minimum absolute atomic E-state index is 0.0966. The number of halogens is 2.